The highest BCUT2D eigenvalue weighted by molar-refractivity contribution is 7.89. The second-order valence-corrected chi connectivity index (χ2v) is 5.16. The van der Waals surface area contributed by atoms with Gasteiger partial charge in [-0.2, -0.15) is 4.72 Å². The van der Waals surface area contributed by atoms with Gasteiger partial charge >= 0.3 is 5.97 Å². The lowest BCUT2D eigenvalue weighted by molar-refractivity contribution is -0.144. The maximum atomic E-state index is 11.9. The van der Waals surface area contributed by atoms with Crippen molar-refractivity contribution in [3.05, 3.63) is 18.3 Å². The van der Waals surface area contributed by atoms with E-state index >= 15 is 0 Å². The summed E-state index contributed by atoms with van der Waals surface area (Å²) in [6, 6.07) is 1.76. The Labute approximate surface area is 105 Å². The Morgan fingerprint density at radius 2 is 2.28 bits per heavy atom. The summed E-state index contributed by atoms with van der Waals surface area (Å²) in [4.78, 5) is 14.9. The fourth-order valence-corrected chi connectivity index (χ4v) is 2.52. The molecule has 0 aliphatic heterocycles. The number of anilines is 1. The van der Waals surface area contributed by atoms with Crippen molar-refractivity contribution in [2.45, 2.75) is 24.8 Å². The van der Waals surface area contributed by atoms with E-state index in [1.807, 2.05) is 0 Å². The molecule has 18 heavy (non-hydrogen) atoms. The van der Waals surface area contributed by atoms with Gasteiger partial charge in [-0.1, -0.05) is 0 Å². The Morgan fingerprint density at radius 3 is 2.83 bits per heavy atom. The van der Waals surface area contributed by atoms with E-state index in [4.69, 9.17) is 10.5 Å². The molecule has 100 valence electrons. The fraction of sp³-hybridized carbons (Fsp3) is 0.400. The molecule has 0 radical (unpaired) electrons. The Kier molecular flexibility index (Phi) is 4.62. The SMILES string of the molecule is CCOC(=O)C(C)NS(=O)(=O)c1cccnc1N. The largest absolute Gasteiger partial charge is 0.465 e. The number of nitrogen functional groups attached to an aromatic ring is 1. The highest BCUT2D eigenvalue weighted by atomic mass is 32.2. The quantitative estimate of drug-likeness (QED) is 0.724. The number of sulfonamides is 1. The zero-order chi connectivity index (χ0) is 13.8. The zero-order valence-corrected chi connectivity index (χ0v) is 10.9. The molecule has 3 N–H and O–H groups in total. The molecule has 1 rings (SSSR count). The Hall–Kier alpha value is -1.67. The number of carbonyl (C=O) groups is 1. The summed E-state index contributed by atoms with van der Waals surface area (Å²) in [6.07, 6.45) is 1.38. The number of rotatable bonds is 5. The van der Waals surface area contributed by atoms with Gasteiger partial charge in [0.05, 0.1) is 6.61 Å². The van der Waals surface area contributed by atoms with E-state index in [-0.39, 0.29) is 17.3 Å². The molecule has 0 saturated carbocycles. The first kappa shape index (κ1) is 14.4. The Morgan fingerprint density at radius 1 is 1.61 bits per heavy atom. The number of nitrogens with one attached hydrogen (secondary N) is 1. The van der Waals surface area contributed by atoms with Gasteiger partial charge in [0.15, 0.2) is 0 Å². The van der Waals surface area contributed by atoms with Crippen LogP contribution in [0, 0.1) is 0 Å². The number of hydrogen-bond donors (Lipinski definition) is 2. The summed E-state index contributed by atoms with van der Waals surface area (Å²) in [5.41, 5.74) is 5.47. The van der Waals surface area contributed by atoms with E-state index in [2.05, 4.69) is 9.71 Å². The third-order valence-electron chi connectivity index (χ3n) is 2.06. The summed E-state index contributed by atoms with van der Waals surface area (Å²) in [5.74, 6) is -0.774. The second-order valence-electron chi connectivity index (χ2n) is 3.48. The van der Waals surface area contributed by atoms with Crippen LogP contribution in [0.2, 0.25) is 0 Å². The predicted molar refractivity (Wildman–Crippen MR) is 65.1 cm³/mol. The molecule has 7 nitrogen and oxygen atoms in total. The van der Waals surface area contributed by atoms with Gasteiger partial charge in [0.2, 0.25) is 10.0 Å². The Bertz CT molecular complexity index is 530. The maximum absolute atomic E-state index is 11.9. The van der Waals surface area contributed by atoms with Crippen molar-refractivity contribution in [2.75, 3.05) is 12.3 Å². The minimum atomic E-state index is -3.89. The first-order chi connectivity index (χ1) is 8.38. The third kappa shape index (κ3) is 3.41. The number of carbonyl (C=O) groups excluding carboxylic acids is 1. The zero-order valence-electron chi connectivity index (χ0n) is 10.1. The molecule has 0 aromatic carbocycles. The standard InChI is InChI=1S/C10H15N3O4S/c1-3-17-10(14)7(2)13-18(15,16)8-5-4-6-12-9(8)11/h4-7,13H,3H2,1-2H3,(H2,11,12). The summed E-state index contributed by atoms with van der Waals surface area (Å²) < 4.78 is 30.7. The summed E-state index contributed by atoms with van der Waals surface area (Å²) in [6.45, 7) is 3.21. The first-order valence-corrected chi connectivity index (χ1v) is 6.76. The number of esters is 1. The number of nitrogens with two attached hydrogens (primary N) is 1. The molecule has 0 aliphatic carbocycles. The smallest absolute Gasteiger partial charge is 0.323 e. The number of hydrogen-bond acceptors (Lipinski definition) is 6. The summed E-state index contributed by atoms with van der Waals surface area (Å²) in [7, 11) is -3.89. The van der Waals surface area contributed by atoms with Gasteiger partial charge < -0.3 is 10.5 Å². The average molecular weight is 273 g/mol. The number of nitrogens with zero attached hydrogens (tertiary/aromatic N) is 1. The highest BCUT2D eigenvalue weighted by Crippen LogP contribution is 2.14. The van der Waals surface area contributed by atoms with E-state index in [9.17, 15) is 13.2 Å². The van der Waals surface area contributed by atoms with Gasteiger partial charge in [-0.15, -0.1) is 0 Å². The van der Waals surface area contributed by atoms with E-state index in [1.165, 1.54) is 25.3 Å². The van der Waals surface area contributed by atoms with Gasteiger partial charge in [0.1, 0.15) is 16.8 Å². The van der Waals surface area contributed by atoms with Crippen LogP contribution in [0.4, 0.5) is 5.82 Å². The Balaban J connectivity index is 2.90. The van der Waals surface area contributed by atoms with Crippen LogP contribution in [0.5, 0.6) is 0 Å². The van der Waals surface area contributed by atoms with E-state index in [0.29, 0.717) is 0 Å². The lowest BCUT2D eigenvalue weighted by atomic mass is 10.4. The molecule has 0 bridgehead atoms. The molecule has 0 aliphatic rings. The van der Waals surface area contributed by atoms with Crippen LogP contribution in [0.25, 0.3) is 0 Å². The van der Waals surface area contributed by atoms with Crippen LogP contribution in [0.1, 0.15) is 13.8 Å². The van der Waals surface area contributed by atoms with Crippen molar-refractivity contribution < 1.29 is 17.9 Å². The molecule has 0 fully saturated rings. The van der Waals surface area contributed by atoms with Gasteiger partial charge in [-0.25, -0.2) is 13.4 Å². The van der Waals surface area contributed by atoms with Gasteiger partial charge in [-0.3, -0.25) is 4.79 Å². The van der Waals surface area contributed by atoms with Crippen LogP contribution in [0.15, 0.2) is 23.2 Å². The maximum Gasteiger partial charge on any atom is 0.323 e. The predicted octanol–water partition coefficient (Wildman–Crippen LogP) is -0.106. The van der Waals surface area contributed by atoms with E-state index in [1.54, 1.807) is 6.92 Å². The topological polar surface area (TPSA) is 111 Å². The van der Waals surface area contributed by atoms with Crippen molar-refractivity contribution in [1.82, 2.24) is 9.71 Å². The summed E-state index contributed by atoms with van der Waals surface area (Å²) in [5, 5.41) is 0. The number of aromatic nitrogens is 1. The molecular formula is C10H15N3O4S. The van der Waals surface area contributed by atoms with Crippen molar-refractivity contribution in [3.8, 4) is 0 Å². The molecule has 1 aromatic rings. The molecule has 1 atom stereocenters. The second kappa shape index (κ2) is 5.78. The van der Waals surface area contributed by atoms with Crippen LogP contribution in [-0.2, 0) is 19.6 Å². The monoisotopic (exact) mass is 273 g/mol. The van der Waals surface area contributed by atoms with Crippen LogP contribution >= 0.6 is 0 Å². The van der Waals surface area contributed by atoms with Crippen molar-refractivity contribution in [2.24, 2.45) is 0 Å². The fourth-order valence-electron chi connectivity index (χ4n) is 1.24. The van der Waals surface area contributed by atoms with Crippen LogP contribution < -0.4 is 10.5 Å². The van der Waals surface area contributed by atoms with Crippen LogP contribution in [-0.4, -0.2) is 32.0 Å². The molecular weight excluding hydrogens is 258 g/mol. The van der Waals surface area contributed by atoms with Crippen LogP contribution in [0.3, 0.4) is 0 Å². The number of ether oxygens (including phenoxy) is 1. The molecule has 1 unspecified atom stereocenters. The lowest BCUT2D eigenvalue weighted by Crippen LogP contribution is -2.39. The van der Waals surface area contributed by atoms with Gasteiger partial charge in [0.25, 0.3) is 0 Å². The third-order valence-corrected chi connectivity index (χ3v) is 3.65. The molecule has 0 amide bonds. The molecule has 1 heterocycles. The van der Waals surface area contributed by atoms with Gasteiger partial charge in [-0.05, 0) is 26.0 Å². The molecule has 1 aromatic heterocycles. The molecule has 8 heteroatoms. The van der Waals surface area contributed by atoms with E-state index in [0.717, 1.165) is 0 Å². The van der Waals surface area contributed by atoms with Gasteiger partial charge in [0, 0.05) is 6.20 Å². The van der Waals surface area contributed by atoms with Crippen molar-refractivity contribution in [1.29, 1.82) is 0 Å². The normalized spacial score (nSPS) is 13.0. The lowest BCUT2D eigenvalue weighted by Gasteiger charge is -2.13. The number of pyridine rings is 1. The summed E-state index contributed by atoms with van der Waals surface area (Å²) >= 11 is 0. The van der Waals surface area contributed by atoms with E-state index < -0.39 is 22.0 Å². The molecule has 0 saturated heterocycles. The minimum Gasteiger partial charge on any atom is -0.465 e. The molecule has 0 spiro atoms. The minimum absolute atomic E-state index is 0.124. The first-order valence-electron chi connectivity index (χ1n) is 5.28. The van der Waals surface area contributed by atoms with Crippen molar-refractivity contribution >= 4 is 21.8 Å². The average Bonchev–Trinajstić information content (AvgIpc) is 2.29. The highest BCUT2D eigenvalue weighted by Gasteiger charge is 2.24. The van der Waals surface area contributed by atoms with Crippen molar-refractivity contribution in [3.63, 3.8) is 0 Å².